The zero-order valence-electron chi connectivity index (χ0n) is 10.3. The van der Waals surface area contributed by atoms with Crippen molar-refractivity contribution in [2.75, 3.05) is 0 Å². The van der Waals surface area contributed by atoms with Crippen LogP contribution in [-0.2, 0) is 9.53 Å². The molecule has 0 saturated carbocycles. The van der Waals surface area contributed by atoms with Gasteiger partial charge in [0.05, 0.1) is 4.91 Å². The van der Waals surface area contributed by atoms with Crippen LogP contribution in [0.3, 0.4) is 0 Å². The highest BCUT2D eigenvalue weighted by Crippen LogP contribution is 2.36. The Balaban J connectivity index is 2.14. The first-order chi connectivity index (χ1) is 7.97. The van der Waals surface area contributed by atoms with Gasteiger partial charge in [0.2, 0.25) is 0 Å². The van der Waals surface area contributed by atoms with Gasteiger partial charge < -0.3 is 4.74 Å². The molecule has 1 aliphatic heterocycles. The van der Waals surface area contributed by atoms with E-state index >= 15 is 0 Å². The van der Waals surface area contributed by atoms with Crippen LogP contribution in [0.25, 0.3) is 0 Å². The minimum Gasteiger partial charge on any atom is -0.454 e. The van der Waals surface area contributed by atoms with Gasteiger partial charge in [0.1, 0.15) is 6.10 Å². The third-order valence-corrected chi connectivity index (χ3v) is 3.59. The van der Waals surface area contributed by atoms with Crippen LogP contribution < -0.4 is 0 Å². The Morgan fingerprint density at radius 3 is 2.35 bits per heavy atom. The molecule has 0 radical (unpaired) electrons. The van der Waals surface area contributed by atoms with E-state index in [0.717, 1.165) is 4.90 Å². The fraction of sp³-hybridized carbons (Fsp3) is 0.357. The predicted octanol–water partition coefficient (Wildman–Crippen LogP) is 3.63. The zero-order chi connectivity index (χ0) is 12.5. The maximum Gasteiger partial charge on any atom is 0.345 e. The Morgan fingerprint density at radius 1 is 1.18 bits per heavy atom. The molecule has 17 heavy (non-hydrogen) atoms. The molecule has 2 nitrogen and oxygen atoms in total. The van der Waals surface area contributed by atoms with E-state index < -0.39 is 0 Å². The van der Waals surface area contributed by atoms with Crippen molar-refractivity contribution in [1.29, 1.82) is 0 Å². The number of carbonyl (C=O) groups excluding carboxylic acids is 1. The molecule has 0 spiro atoms. The molecular formula is C14H16O2S. The van der Waals surface area contributed by atoms with Crippen molar-refractivity contribution in [3.8, 4) is 0 Å². The van der Waals surface area contributed by atoms with Gasteiger partial charge >= 0.3 is 5.97 Å². The van der Waals surface area contributed by atoms with E-state index in [4.69, 9.17) is 4.74 Å². The Labute approximate surface area is 106 Å². The maximum atomic E-state index is 11.7. The van der Waals surface area contributed by atoms with Crippen LogP contribution in [0.4, 0.5) is 0 Å². The minimum atomic E-state index is -0.209. The summed E-state index contributed by atoms with van der Waals surface area (Å²) in [4.78, 5) is 13.5. The van der Waals surface area contributed by atoms with E-state index in [2.05, 4.69) is 20.8 Å². The van der Waals surface area contributed by atoms with Gasteiger partial charge in [0.15, 0.2) is 0 Å². The molecule has 2 rings (SSSR count). The number of cyclic esters (lactones) is 1. The quantitative estimate of drug-likeness (QED) is 0.747. The van der Waals surface area contributed by atoms with E-state index in [1.807, 2.05) is 36.4 Å². The van der Waals surface area contributed by atoms with Crippen LogP contribution in [0.1, 0.15) is 20.8 Å². The SMILES string of the molecule is CC(C)(C)[C@H]1C=C(Sc2ccccc2)C(=O)O1. The largest absolute Gasteiger partial charge is 0.454 e. The highest BCUT2D eigenvalue weighted by atomic mass is 32.2. The van der Waals surface area contributed by atoms with Gasteiger partial charge in [-0.2, -0.15) is 0 Å². The zero-order valence-corrected chi connectivity index (χ0v) is 11.1. The molecule has 1 aliphatic rings. The van der Waals surface area contributed by atoms with E-state index in [1.54, 1.807) is 0 Å². The number of thioether (sulfide) groups is 1. The molecule has 1 heterocycles. The number of ether oxygens (including phenoxy) is 1. The van der Waals surface area contributed by atoms with E-state index in [1.165, 1.54) is 11.8 Å². The smallest absolute Gasteiger partial charge is 0.345 e. The van der Waals surface area contributed by atoms with Gasteiger partial charge in [-0.15, -0.1) is 0 Å². The molecule has 1 atom stereocenters. The monoisotopic (exact) mass is 248 g/mol. The number of hydrogen-bond acceptors (Lipinski definition) is 3. The molecule has 0 unspecified atom stereocenters. The van der Waals surface area contributed by atoms with Crippen LogP contribution in [0.2, 0.25) is 0 Å². The molecule has 0 saturated heterocycles. The van der Waals surface area contributed by atoms with Gasteiger partial charge in [-0.05, 0) is 18.2 Å². The molecule has 0 N–H and O–H groups in total. The number of rotatable bonds is 2. The number of esters is 1. The standard InChI is InChI=1S/C14H16O2S/c1-14(2,3)12-9-11(13(15)16-12)17-10-7-5-4-6-8-10/h4-9,12H,1-3H3/t12-/m1/s1. The molecule has 3 heteroatoms. The first kappa shape index (κ1) is 12.2. The lowest BCUT2D eigenvalue weighted by Crippen LogP contribution is -2.25. The molecule has 0 aromatic heterocycles. The van der Waals surface area contributed by atoms with Crippen molar-refractivity contribution in [1.82, 2.24) is 0 Å². The minimum absolute atomic E-state index is 0.0470. The van der Waals surface area contributed by atoms with Crippen LogP contribution in [0.15, 0.2) is 46.2 Å². The summed E-state index contributed by atoms with van der Waals surface area (Å²) in [6.45, 7) is 6.20. The molecule has 0 aliphatic carbocycles. The first-order valence-electron chi connectivity index (χ1n) is 5.62. The summed E-state index contributed by atoms with van der Waals surface area (Å²) in [5, 5.41) is 0. The Kier molecular flexibility index (Phi) is 3.29. The van der Waals surface area contributed by atoms with Crippen molar-refractivity contribution in [3.05, 3.63) is 41.3 Å². The third-order valence-electron chi connectivity index (χ3n) is 2.56. The summed E-state index contributed by atoms with van der Waals surface area (Å²) in [7, 11) is 0. The molecule has 0 amide bonds. The lowest BCUT2D eigenvalue weighted by atomic mass is 9.89. The van der Waals surface area contributed by atoms with Crippen LogP contribution in [0, 0.1) is 5.41 Å². The van der Waals surface area contributed by atoms with E-state index in [0.29, 0.717) is 4.91 Å². The number of carbonyl (C=O) groups is 1. The molecule has 1 aromatic rings. The van der Waals surface area contributed by atoms with Gasteiger partial charge in [-0.1, -0.05) is 50.7 Å². The molecule has 1 aromatic carbocycles. The Hall–Kier alpha value is -1.22. The highest BCUT2D eigenvalue weighted by Gasteiger charge is 2.34. The average Bonchev–Trinajstić information content (AvgIpc) is 2.62. The van der Waals surface area contributed by atoms with E-state index in [-0.39, 0.29) is 17.5 Å². The van der Waals surface area contributed by atoms with Crippen molar-refractivity contribution in [3.63, 3.8) is 0 Å². The van der Waals surface area contributed by atoms with Gasteiger partial charge in [0, 0.05) is 10.3 Å². The van der Waals surface area contributed by atoms with Crippen LogP contribution in [-0.4, -0.2) is 12.1 Å². The summed E-state index contributed by atoms with van der Waals surface area (Å²) in [5.41, 5.74) is -0.0470. The normalized spacial score (nSPS) is 20.1. The first-order valence-corrected chi connectivity index (χ1v) is 6.44. The molecular weight excluding hydrogens is 232 g/mol. The maximum absolute atomic E-state index is 11.7. The van der Waals surface area contributed by atoms with Crippen molar-refractivity contribution < 1.29 is 9.53 Å². The number of hydrogen-bond donors (Lipinski definition) is 0. The van der Waals surface area contributed by atoms with Gasteiger partial charge in [-0.3, -0.25) is 0 Å². The topological polar surface area (TPSA) is 26.3 Å². The van der Waals surface area contributed by atoms with Crippen molar-refractivity contribution in [2.45, 2.75) is 31.8 Å². The molecule has 0 fully saturated rings. The second-order valence-corrected chi connectivity index (χ2v) is 6.25. The second-order valence-electron chi connectivity index (χ2n) is 5.14. The third kappa shape index (κ3) is 2.91. The van der Waals surface area contributed by atoms with Crippen LogP contribution in [0.5, 0.6) is 0 Å². The number of benzene rings is 1. The predicted molar refractivity (Wildman–Crippen MR) is 69.7 cm³/mol. The van der Waals surface area contributed by atoms with Gasteiger partial charge in [0.25, 0.3) is 0 Å². The lowest BCUT2D eigenvalue weighted by Gasteiger charge is -2.23. The van der Waals surface area contributed by atoms with E-state index in [9.17, 15) is 4.79 Å². The fourth-order valence-corrected chi connectivity index (χ4v) is 2.40. The molecule has 0 bridgehead atoms. The Bertz CT molecular complexity index is 443. The summed E-state index contributed by atoms with van der Waals surface area (Å²) in [5.74, 6) is -0.209. The van der Waals surface area contributed by atoms with Crippen LogP contribution >= 0.6 is 11.8 Å². The van der Waals surface area contributed by atoms with Gasteiger partial charge in [-0.25, -0.2) is 4.79 Å². The fourth-order valence-electron chi connectivity index (χ4n) is 1.53. The summed E-state index contributed by atoms with van der Waals surface area (Å²) >= 11 is 1.47. The highest BCUT2D eigenvalue weighted by molar-refractivity contribution is 8.04. The second kappa shape index (κ2) is 4.57. The summed E-state index contributed by atoms with van der Waals surface area (Å²) < 4.78 is 5.36. The average molecular weight is 248 g/mol. The lowest BCUT2D eigenvalue weighted by molar-refractivity contribution is -0.142. The summed E-state index contributed by atoms with van der Waals surface area (Å²) in [6.07, 6.45) is 1.81. The van der Waals surface area contributed by atoms with Crippen molar-refractivity contribution in [2.24, 2.45) is 5.41 Å². The van der Waals surface area contributed by atoms with Crippen molar-refractivity contribution >= 4 is 17.7 Å². The molecule has 90 valence electrons. The summed E-state index contributed by atoms with van der Waals surface area (Å²) in [6, 6.07) is 9.87. The Morgan fingerprint density at radius 2 is 1.82 bits per heavy atom.